The smallest absolute Gasteiger partial charge is 0.307 e. The second-order valence-electron chi connectivity index (χ2n) is 8.02. The van der Waals surface area contributed by atoms with Crippen LogP contribution >= 0.6 is 0 Å². The SMILES string of the molecule is Cc1ccc(C)n1-c1ccc(OCc2ccc(C(=O)NN=Cc3ccc(OCC(N)=O)cc3)o2)cc1. The molecular weight excluding hydrogens is 460 g/mol. The Morgan fingerprint density at radius 1 is 0.917 bits per heavy atom. The number of primary amides is 1. The fourth-order valence-electron chi connectivity index (χ4n) is 3.52. The molecule has 0 radical (unpaired) electrons. The van der Waals surface area contributed by atoms with E-state index in [-0.39, 0.29) is 19.0 Å². The Labute approximate surface area is 208 Å². The number of benzene rings is 2. The maximum atomic E-state index is 12.3. The second kappa shape index (κ2) is 11.1. The third-order valence-electron chi connectivity index (χ3n) is 5.27. The minimum Gasteiger partial charge on any atom is -0.486 e. The molecule has 9 nitrogen and oxygen atoms in total. The van der Waals surface area contributed by atoms with Crippen LogP contribution in [0.4, 0.5) is 0 Å². The zero-order valence-electron chi connectivity index (χ0n) is 19.9. The number of nitrogens with one attached hydrogen (secondary N) is 1. The van der Waals surface area contributed by atoms with Crippen LogP contribution in [-0.2, 0) is 11.4 Å². The molecule has 2 amide bonds. The summed E-state index contributed by atoms with van der Waals surface area (Å²) in [6, 6.07) is 22.0. The summed E-state index contributed by atoms with van der Waals surface area (Å²) in [5, 5.41) is 3.93. The van der Waals surface area contributed by atoms with Gasteiger partial charge in [0.2, 0.25) is 0 Å². The van der Waals surface area contributed by atoms with Crippen molar-refractivity contribution >= 4 is 18.0 Å². The topological polar surface area (TPSA) is 121 Å². The summed E-state index contributed by atoms with van der Waals surface area (Å²) in [6.07, 6.45) is 1.48. The molecule has 0 aliphatic rings. The minimum absolute atomic E-state index is 0.120. The molecule has 2 heterocycles. The lowest BCUT2D eigenvalue weighted by Gasteiger charge is -2.10. The van der Waals surface area contributed by atoms with Gasteiger partial charge in [0.1, 0.15) is 23.9 Å². The van der Waals surface area contributed by atoms with E-state index in [1.807, 2.05) is 24.3 Å². The summed E-state index contributed by atoms with van der Waals surface area (Å²) in [4.78, 5) is 23.1. The first-order valence-corrected chi connectivity index (χ1v) is 11.2. The molecule has 0 atom stereocenters. The van der Waals surface area contributed by atoms with Gasteiger partial charge in [0.25, 0.3) is 5.91 Å². The van der Waals surface area contributed by atoms with E-state index < -0.39 is 11.8 Å². The number of hydrogen-bond donors (Lipinski definition) is 2. The highest BCUT2D eigenvalue weighted by molar-refractivity contribution is 5.92. The van der Waals surface area contributed by atoms with Gasteiger partial charge in [-0.1, -0.05) is 0 Å². The molecule has 4 rings (SSSR count). The van der Waals surface area contributed by atoms with E-state index in [0.29, 0.717) is 17.3 Å². The van der Waals surface area contributed by atoms with E-state index in [0.717, 1.165) is 22.6 Å². The summed E-state index contributed by atoms with van der Waals surface area (Å²) in [7, 11) is 0. The fourth-order valence-corrected chi connectivity index (χ4v) is 3.52. The first-order valence-electron chi connectivity index (χ1n) is 11.2. The van der Waals surface area contributed by atoms with Gasteiger partial charge in [-0.3, -0.25) is 9.59 Å². The molecule has 0 spiro atoms. The van der Waals surface area contributed by atoms with Gasteiger partial charge in [0.05, 0.1) is 6.21 Å². The van der Waals surface area contributed by atoms with Crippen LogP contribution in [0.2, 0.25) is 0 Å². The molecule has 184 valence electrons. The van der Waals surface area contributed by atoms with Crippen LogP contribution < -0.4 is 20.6 Å². The maximum absolute atomic E-state index is 12.3. The molecule has 36 heavy (non-hydrogen) atoms. The van der Waals surface area contributed by atoms with E-state index in [4.69, 9.17) is 19.6 Å². The van der Waals surface area contributed by atoms with Gasteiger partial charge in [-0.2, -0.15) is 5.10 Å². The van der Waals surface area contributed by atoms with E-state index in [1.54, 1.807) is 36.4 Å². The standard InChI is InChI=1S/C27H26N4O5/c1-18-3-4-19(2)31(18)21-7-11-23(12-8-21)34-16-24-13-14-25(36-24)27(33)30-29-15-20-5-9-22(10-6-20)35-17-26(28)32/h3-15H,16-17H2,1-2H3,(H2,28,32)(H,30,33). The van der Waals surface area contributed by atoms with E-state index in [9.17, 15) is 9.59 Å². The van der Waals surface area contributed by atoms with Crippen molar-refractivity contribution in [2.75, 3.05) is 6.61 Å². The number of aromatic nitrogens is 1. The molecule has 0 aliphatic carbocycles. The molecule has 0 aliphatic heterocycles. The van der Waals surface area contributed by atoms with Crippen LogP contribution in [0.1, 0.15) is 33.3 Å². The number of furan rings is 1. The molecule has 2 aromatic carbocycles. The monoisotopic (exact) mass is 486 g/mol. The molecule has 0 bridgehead atoms. The highest BCUT2D eigenvalue weighted by atomic mass is 16.5. The number of aryl methyl sites for hydroxylation is 2. The van der Waals surface area contributed by atoms with Crippen molar-refractivity contribution in [3.63, 3.8) is 0 Å². The van der Waals surface area contributed by atoms with Gasteiger partial charge in [0.15, 0.2) is 12.4 Å². The van der Waals surface area contributed by atoms with Crippen LogP contribution in [-0.4, -0.2) is 29.2 Å². The number of carbonyl (C=O) groups is 2. The predicted molar refractivity (Wildman–Crippen MR) is 134 cm³/mol. The Balaban J connectivity index is 1.26. The first-order chi connectivity index (χ1) is 17.4. The molecule has 4 aromatic rings. The molecule has 0 saturated carbocycles. The Hall–Kier alpha value is -4.79. The van der Waals surface area contributed by atoms with Crippen molar-refractivity contribution in [1.82, 2.24) is 9.99 Å². The second-order valence-corrected chi connectivity index (χ2v) is 8.02. The van der Waals surface area contributed by atoms with Crippen molar-refractivity contribution in [3.05, 3.63) is 101 Å². The third kappa shape index (κ3) is 6.20. The average molecular weight is 487 g/mol. The summed E-state index contributed by atoms with van der Waals surface area (Å²) in [5.41, 5.74) is 11.6. The summed E-state index contributed by atoms with van der Waals surface area (Å²) >= 11 is 0. The van der Waals surface area contributed by atoms with Gasteiger partial charge in [-0.15, -0.1) is 0 Å². The van der Waals surface area contributed by atoms with Gasteiger partial charge in [-0.25, -0.2) is 5.43 Å². The summed E-state index contributed by atoms with van der Waals surface area (Å²) in [6.45, 7) is 4.12. The number of amides is 2. The zero-order valence-corrected chi connectivity index (χ0v) is 19.9. The average Bonchev–Trinajstić information content (AvgIpc) is 3.49. The minimum atomic E-state index is -0.552. The largest absolute Gasteiger partial charge is 0.486 e. The molecule has 3 N–H and O–H groups in total. The lowest BCUT2D eigenvalue weighted by Crippen LogP contribution is -2.20. The van der Waals surface area contributed by atoms with Crippen LogP contribution in [0, 0.1) is 13.8 Å². The molecule has 0 saturated heterocycles. The third-order valence-corrected chi connectivity index (χ3v) is 5.27. The maximum Gasteiger partial charge on any atom is 0.307 e. The number of hydrazone groups is 1. The predicted octanol–water partition coefficient (Wildman–Crippen LogP) is 3.89. The Kier molecular flexibility index (Phi) is 7.50. The molecule has 9 heteroatoms. The van der Waals surface area contributed by atoms with Gasteiger partial charge in [0, 0.05) is 17.1 Å². The highest BCUT2D eigenvalue weighted by Gasteiger charge is 2.11. The van der Waals surface area contributed by atoms with Crippen LogP contribution in [0.5, 0.6) is 11.5 Å². The number of nitrogens with two attached hydrogens (primary N) is 1. The normalized spacial score (nSPS) is 10.9. The Morgan fingerprint density at radius 2 is 1.56 bits per heavy atom. The van der Waals surface area contributed by atoms with Crippen LogP contribution in [0.3, 0.4) is 0 Å². The number of nitrogens with zero attached hydrogens (tertiary/aromatic N) is 2. The molecule has 2 aromatic heterocycles. The Morgan fingerprint density at radius 3 is 2.22 bits per heavy atom. The van der Waals surface area contributed by atoms with E-state index in [2.05, 4.69) is 41.1 Å². The van der Waals surface area contributed by atoms with E-state index in [1.165, 1.54) is 6.21 Å². The highest BCUT2D eigenvalue weighted by Crippen LogP contribution is 2.21. The van der Waals surface area contributed by atoms with Crippen molar-refractivity contribution in [3.8, 4) is 17.2 Å². The zero-order chi connectivity index (χ0) is 25.5. The fraction of sp³-hybridized carbons (Fsp3) is 0.148. The van der Waals surface area contributed by atoms with Gasteiger partial charge in [-0.05, 0) is 92.2 Å². The number of ether oxygens (including phenoxy) is 2. The number of hydrogen-bond acceptors (Lipinski definition) is 6. The lowest BCUT2D eigenvalue weighted by atomic mass is 10.2. The van der Waals surface area contributed by atoms with Crippen molar-refractivity contribution in [2.45, 2.75) is 20.5 Å². The lowest BCUT2D eigenvalue weighted by molar-refractivity contribution is -0.119. The molecule has 0 fully saturated rings. The summed E-state index contributed by atoms with van der Waals surface area (Å²) < 4.78 is 18.7. The summed E-state index contributed by atoms with van der Waals surface area (Å²) in [5.74, 6) is 0.789. The van der Waals surface area contributed by atoms with Crippen LogP contribution in [0.25, 0.3) is 5.69 Å². The van der Waals surface area contributed by atoms with Crippen molar-refractivity contribution < 1.29 is 23.5 Å². The Bertz CT molecular complexity index is 1350. The van der Waals surface area contributed by atoms with Gasteiger partial charge < -0.3 is 24.2 Å². The first kappa shape index (κ1) is 24.3. The number of rotatable bonds is 10. The van der Waals surface area contributed by atoms with Crippen molar-refractivity contribution in [2.24, 2.45) is 10.8 Å². The molecule has 0 unspecified atom stereocenters. The van der Waals surface area contributed by atoms with Gasteiger partial charge >= 0.3 is 5.91 Å². The van der Waals surface area contributed by atoms with Crippen molar-refractivity contribution in [1.29, 1.82) is 0 Å². The van der Waals surface area contributed by atoms with Crippen LogP contribution in [0.15, 0.2) is 82.3 Å². The molecular formula is C27H26N4O5. The number of carbonyl (C=O) groups excluding carboxylic acids is 2. The quantitative estimate of drug-likeness (QED) is 0.260. The van der Waals surface area contributed by atoms with E-state index >= 15 is 0 Å².